The maximum atomic E-state index is 11.0. The largest absolute Gasteiger partial charge is 0.369 e. The monoisotopic (exact) mass is 831 g/mol. The lowest BCUT2D eigenvalue weighted by Gasteiger charge is -2.09. The third-order valence-electron chi connectivity index (χ3n) is 7.16. The first kappa shape index (κ1) is 36.9. The quantitative estimate of drug-likeness (QED) is 0.115. The number of fused-ring (bicyclic) bond motifs is 2. The van der Waals surface area contributed by atoms with E-state index in [-0.39, 0.29) is 6.54 Å². The van der Waals surface area contributed by atoms with Gasteiger partial charge in [-0.25, -0.2) is 19.9 Å². The number of aryl methyl sites for hydroxylation is 2. The topological polar surface area (TPSA) is 144 Å². The van der Waals surface area contributed by atoms with Crippen molar-refractivity contribution in [2.75, 3.05) is 23.7 Å². The molecule has 0 spiro atoms. The summed E-state index contributed by atoms with van der Waals surface area (Å²) < 4.78 is 3.96. The molecule has 0 aliphatic heterocycles. The number of nitrogens with two attached hydrogens (primary N) is 1. The Bertz CT molecular complexity index is 2160. The Labute approximate surface area is 315 Å². The Balaban J connectivity index is 0.000000191. The van der Waals surface area contributed by atoms with E-state index in [1.807, 2.05) is 43.5 Å². The standard InChI is InChI=1S/C21H19BrN4S.C13H10BrN5OS.C2H6/c1-14-17-18(27-19(14)22)21(24-11-5-8-15-6-3-2-4-7-15)26-20(25-17)16-9-12-23-13-10-16;14-8-6-21-11-10(8)18-12(7-1-3-16-4-2-7)19-13(11)17-5-9(15)20;1-2/h2-4,6-7,9-10,12-13H,5,8,11H2,1H3,(H,24,25,26);1-4,6H,5H2,(H2,15,20)(H,17,18,19);1-2H3. The zero-order valence-corrected chi connectivity index (χ0v) is 32.5. The van der Waals surface area contributed by atoms with Crippen LogP contribution in [-0.2, 0) is 11.2 Å². The highest BCUT2D eigenvalue weighted by Gasteiger charge is 2.16. The van der Waals surface area contributed by atoms with Crippen LogP contribution >= 0.6 is 54.5 Å². The van der Waals surface area contributed by atoms with Gasteiger partial charge in [0.2, 0.25) is 5.91 Å². The van der Waals surface area contributed by atoms with Crippen LogP contribution in [0, 0.1) is 6.92 Å². The van der Waals surface area contributed by atoms with E-state index in [0.29, 0.717) is 11.6 Å². The van der Waals surface area contributed by atoms with E-state index in [1.165, 1.54) is 16.9 Å². The summed E-state index contributed by atoms with van der Waals surface area (Å²) >= 11 is 10.3. The second-order valence-corrected chi connectivity index (χ2v) is 14.6. The molecule has 7 rings (SSSR count). The lowest BCUT2D eigenvalue weighted by atomic mass is 10.1. The zero-order valence-electron chi connectivity index (χ0n) is 27.7. The van der Waals surface area contributed by atoms with Crippen LogP contribution in [0.1, 0.15) is 31.4 Å². The lowest BCUT2D eigenvalue weighted by molar-refractivity contribution is -0.116. The van der Waals surface area contributed by atoms with Crippen LogP contribution in [-0.4, -0.2) is 48.9 Å². The number of nitrogens with zero attached hydrogens (tertiary/aromatic N) is 6. The Morgan fingerprint density at radius 3 is 1.96 bits per heavy atom. The van der Waals surface area contributed by atoms with Crippen molar-refractivity contribution in [1.82, 2.24) is 29.9 Å². The SMILES string of the molecule is CC.Cc1c(Br)sc2c(NCCCc3ccccc3)nc(-c3ccncc3)nc12.NC(=O)CNc1nc(-c2ccncc2)nc2c(Br)csc12. The number of carbonyl (C=O) groups excluding carboxylic acids is 1. The van der Waals surface area contributed by atoms with E-state index < -0.39 is 5.91 Å². The molecule has 0 saturated carbocycles. The molecule has 256 valence electrons. The molecule has 0 unspecified atom stereocenters. The summed E-state index contributed by atoms with van der Waals surface area (Å²) in [6.07, 6.45) is 9.00. The fraction of sp³-hybridized carbons (Fsp3) is 0.194. The van der Waals surface area contributed by atoms with Crippen molar-refractivity contribution in [3.63, 3.8) is 0 Å². The summed E-state index contributed by atoms with van der Waals surface area (Å²) in [6, 6.07) is 18.1. The zero-order chi connectivity index (χ0) is 35.5. The molecule has 4 N–H and O–H groups in total. The van der Waals surface area contributed by atoms with E-state index in [9.17, 15) is 4.79 Å². The smallest absolute Gasteiger partial charge is 0.236 e. The first-order valence-electron chi connectivity index (χ1n) is 15.9. The van der Waals surface area contributed by atoms with Gasteiger partial charge in [-0.05, 0) is 81.5 Å². The first-order valence-corrected chi connectivity index (χ1v) is 19.2. The molecule has 0 atom stereocenters. The molecule has 50 heavy (non-hydrogen) atoms. The van der Waals surface area contributed by atoms with Crippen LogP contribution in [0.2, 0.25) is 0 Å². The molecular formula is C36H35Br2N9OS2. The number of thiophene rings is 2. The number of halogens is 2. The van der Waals surface area contributed by atoms with E-state index in [1.54, 1.807) is 36.1 Å². The number of aromatic nitrogens is 6. The number of primary amides is 1. The average Bonchev–Trinajstić information content (AvgIpc) is 3.68. The molecule has 0 fully saturated rings. The fourth-order valence-corrected chi connectivity index (χ4v) is 7.91. The maximum absolute atomic E-state index is 11.0. The van der Waals surface area contributed by atoms with Gasteiger partial charge >= 0.3 is 0 Å². The van der Waals surface area contributed by atoms with Gasteiger partial charge < -0.3 is 16.4 Å². The predicted octanol–water partition coefficient (Wildman–Crippen LogP) is 9.31. The molecule has 6 heterocycles. The van der Waals surface area contributed by atoms with Crippen molar-refractivity contribution < 1.29 is 4.79 Å². The van der Waals surface area contributed by atoms with Crippen LogP contribution in [0.25, 0.3) is 43.2 Å². The molecule has 0 bridgehead atoms. The van der Waals surface area contributed by atoms with Gasteiger partial charge in [0.05, 0.1) is 29.7 Å². The molecule has 0 saturated heterocycles. The number of carbonyl (C=O) groups is 1. The van der Waals surface area contributed by atoms with Crippen molar-refractivity contribution in [2.45, 2.75) is 33.6 Å². The van der Waals surface area contributed by atoms with Crippen molar-refractivity contribution in [2.24, 2.45) is 5.73 Å². The van der Waals surface area contributed by atoms with E-state index in [2.05, 4.69) is 99.7 Å². The molecule has 7 aromatic rings. The highest BCUT2D eigenvalue weighted by molar-refractivity contribution is 9.11. The number of amides is 1. The van der Waals surface area contributed by atoms with Gasteiger partial charge in [0.15, 0.2) is 11.6 Å². The summed E-state index contributed by atoms with van der Waals surface area (Å²) in [5.74, 6) is 2.35. The number of hydrogen-bond acceptors (Lipinski definition) is 11. The van der Waals surface area contributed by atoms with Crippen LogP contribution in [0.4, 0.5) is 11.6 Å². The Morgan fingerprint density at radius 1 is 0.780 bits per heavy atom. The Kier molecular flexibility index (Phi) is 13.3. The number of nitrogens with one attached hydrogen (secondary N) is 2. The fourth-order valence-electron chi connectivity index (χ4n) is 4.77. The van der Waals surface area contributed by atoms with Crippen molar-refractivity contribution >= 4 is 92.5 Å². The predicted molar refractivity (Wildman–Crippen MR) is 214 cm³/mol. The Hall–Kier alpha value is -4.37. The average molecular weight is 834 g/mol. The van der Waals surface area contributed by atoms with E-state index in [4.69, 9.17) is 15.7 Å². The summed E-state index contributed by atoms with van der Waals surface area (Å²) in [4.78, 5) is 37.7. The van der Waals surface area contributed by atoms with E-state index >= 15 is 0 Å². The molecule has 0 aliphatic rings. The minimum atomic E-state index is -0.442. The Morgan fingerprint density at radius 2 is 1.36 bits per heavy atom. The second-order valence-electron chi connectivity index (χ2n) is 10.5. The number of hydrogen-bond donors (Lipinski definition) is 3. The molecule has 14 heteroatoms. The van der Waals surface area contributed by atoms with Crippen LogP contribution in [0.15, 0.2) is 93.0 Å². The summed E-state index contributed by atoms with van der Waals surface area (Å²) in [5, 5.41) is 8.43. The summed E-state index contributed by atoms with van der Waals surface area (Å²) in [6.45, 7) is 6.98. The van der Waals surface area contributed by atoms with Crippen LogP contribution < -0.4 is 16.4 Å². The van der Waals surface area contributed by atoms with Crippen molar-refractivity contribution in [3.8, 4) is 22.8 Å². The minimum Gasteiger partial charge on any atom is -0.369 e. The van der Waals surface area contributed by atoms with E-state index in [0.717, 1.165) is 76.4 Å². The van der Waals surface area contributed by atoms with Gasteiger partial charge in [-0.1, -0.05) is 44.2 Å². The summed E-state index contributed by atoms with van der Waals surface area (Å²) in [5.41, 5.74) is 11.3. The highest BCUT2D eigenvalue weighted by Crippen LogP contribution is 2.38. The minimum absolute atomic E-state index is 0.0252. The molecule has 1 amide bonds. The molecule has 0 radical (unpaired) electrons. The van der Waals surface area contributed by atoms with Gasteiger partial charge in [-0.2, -0.15) is 0 Å². The summed E-state index contributed by atoms with van der Waals surface area (Å²) in [7, 11) is 0. The lowest BCUT2D eigenvalue weighted by Crippen LogP contribution is -2.22. The normalized spacial score (nSPS) is 10.6. The number of pyridine rings is 2. The van der Waals surface area contributed by atoms with Gasteiger partial charge in [0.25, 0.3) is 0 Å². The van der Waals surface area contributed by atoms with Gasteiger partial charge in [0.1, 0.15) is 17.2 Å². The van der Waals surface area contributed by atoms with Crippen molar-refractivity contribution in [1.29, 1.82) is 0 Å². The van der Waals surface area contributed by atoms with Crippen molar-refractivity contribution in [3.05, 3.63) is 104 Å². The first-order chi connectivity index (χ1) is 24.4. The molecule has 10 nitrogen and oxygen atoms in total. The second kappa shape index (κ2) is 18.0. The third-order valence-corrected chi connectivity index (χ3v) is 11.2. The maximum Gasteiger partial charge on any atom is 0.236 e. The van der Waals surface area contributed by atoms with Crippen LogP contribution in [0.5, 0.6) is 0 Å². The third kappa shape index (κ3) is 9.24. The van der Waals surface area contributed by atoms with Gasteiger partial charge in [-0.3, -0.25) is 14.8 Å². The van der Waals surface area contributed by atoms with Crippen LogP contribution in [0.3, 0.4) is 0 Å². The highest BCUT2D eigenvalue weighted by atomic mass is 79.9. The van der Waals surface area contributed by atoms with Gasteiger partial charge in [0, 0.05) is 53.4 Å². The molecular weight excluding hydrogens is 798 g/mol. The number of rotatable bonds is 10. The number of benzene rings is 1. The molecule has 6 aromatic heterocycles. The van der Waals surface area contributed by atoms with Gasteiger partial charge in [-0.15, -0.1) is 22.7 Å². The molecule has 0 aliphatic carbocycles. The number of anilines is 2. The molecule has 1 aromatic carbocycles.